The van der Waals surface area contributed by atoms with Crippen molar-refractivity contribution in [1.29, 1.82) is 5.41 Å². The number of hydrogen-bond acceptors (Lipinski definition) is 5. The topological polar surface area (TPSA) is 147 Å². The fourth-order valence-electron chi connectivity index (χ4n) is 2.83. The molecule has 1 atom stereocenters. The molecule has 0 saturated carbocycles. The lowest BCUT2D eigenvalue weighted by atomic mass is 10.0. The molecule has 0 radical (unpaired) electrons. The molecule has 8 heteroatoms. The van der Waals surface area contributed by atoms with Crippen LogP contribution in [-0.2, 0) is 21.1 Å². The standard InChI is InChI=1S/C19H23N3O4S/c1-10-4-6-16(12(3)11(10)2)27(25,26)17-7-5-13(18(21)22)8-14(17)9-15(20)19(23)24/h4-8,15H,9,20H2,1-3H3,(H3,21,22)(H,23,24)/t15-/m1/s1. The first-order chi connectivity index (χ1) is 12.5. The largest absolute Gasteiger partial charge is 0.480 e. The van der Waals surface area contributed by atoms with Crippen LogP contribution in [0.3, 0.4) is 0 Å². The zero-order valence-corrected chi connectivity index (χ0v) is 16.2. The van der Waals surface area contributed by atoms with E-state index in [-0.39, 0.29) is 27.6 Å². The van der Waals surface area contributed by atoms with Crippen molar-refractivity contribution in [2.45, 2.75) is 43.0 Å². The van der Waals surface area contributed by atoms with Gasteiger partial charge in [-0.2, -0.15) is 0 Å². The van der Waals surface area contributed by atoms with Crippen molar-refractivity contribution in [1.82, 2.24) is 0 Å². The molecule has 7 nitrogen and oxygen atoms in total. The van der Waals surface area contributed by atoms with Gasteiger partial charge < -0.3 is 16.6 Å². The number of rotatable bonds is 6. The van der Waals surface area contributed by atoms with Gasteiger partial charge >= 0.3 is 5.97 Å². The maximum Gasteiger partial charge on any atom is 0.320 e. The van der Waals surface area contributed by atoms with Crippen molar-refractivity contribution in [2.24, 2.45) is 11.5 Å². The van der Waals surface area contributed by atoms with Gasteiger partial charge in [-0.05, 0) is 73.7 Å². The lowest BCUT2D eigenvalue weighted by molar-refractivity contribution is -0.138. The number of nitrogen functional groups attached to an aromatic ring is 1. The molecule has 0 unspecified atom stereocenters. The minimum atomic E-state index is -3.91. The molecule has 2 aromatic carbocycles. The summed E-state index contributed by atoms with van der Waals surface area (Å²) in [4.78, 5) is 11.3. The van der Waals surface area contributed by atoms with E-state index >= 15 is 0 Å². The second-order valence-electron chi connectivity index (χ2n) is 6.52. The fourth-order valence-corrected chi connectivity index (χ4v) is 4.61. The van der Waals surface area contributed by atoms with E-state index in [1.54, 1.807) is 19.1 Å². The predicted octanol–water partition coefficient (Wildman–Crippen LogP) is 1.68. The van der Waals surface area contributed by atoms with Crippen LogP contribution in [-0.4, -0.2) is 31.4 Å². The van der Waals surface area contributed by atoms with Gasteiger partial charge in [-0.15, -0.1) is 0 Å². The molecule has 144 valence electrons. The van der Waals surface area contributed by atoms with Crippen molar-refractivity contribution in [3.8, 4) is 0 Å². The summed E-state index contributed by atoms with van der Waals surface area (Å²) in [5.74, 6) is -1.49. The smallest absolute Gasteiger partial charge is 0.320 e. The van der Waals surface area contributed by atoms with E-state index in [9.17, 15) is 13.2 Å². The molecular weight excluding hydrogens is 366 g/mol. The number of carboxylic acid groups (broad SMARTS) is 1. The average molecular weight is 389 g/mol. The van der Waals surface area contributed by atoms with Crippen LogP contribution >= 0.6 is 0 Å². The Kier molecular flexibility index (Phi) is 5.72. The quantitative estimate of drug-likeness (QED) is 0.436. The van der Waals surface area contributed by atoms with Crippen LogP contribution in [0, 0.1) is 26.2 Å². The van der Waals surface area contributed by atoms with Crippen LogP contribution < -0.4 is 11.5 Å². The van der Waals surface area contributed by atoms with E-state index < -0.39 is 21.8 Å². The number of aliphatic carboxylic acids is 1. The van der Waals surface area contributed by atoms with Gasteiger partial charge in [0, 0.05) is 5.56 Å². The van der Waals surface area contributed by atoms with E-state index in [0.717, 1.165) is 11.1 Å². The predicted molar refractivity (Wildman–Crippen MR) is 103 cm³/mol. The van der Waals surface area contributed by atoms with E-state index in [2.05, 4.69) is 0 Å². The molecule has 0 aliphatic rings. The zero-order chi connectivity index (χ0) is 20.5. The molecule has 0 aliphatic heterocycles. The van der Waals surface area contributed by atoms with Gasteiger partial charge in [-0.1, -0.05) is 6.07 Å². The van der Waals surface area contributed by atoms with Gasteiger partial charge in [-0.3, -0.25) is 10.2 Å². The van der Waals surface area contributed by atoms with Crippen LogP contribution in [0.5, 0.6) is 0 Å². The third-order valence-corrected chi connectivity index (χ3v) is 6.71. The third-order valence-electron chi connectivity index (χ3n) is 4.72. The molecule has 27 heavy (non-hydrogen) atoms. The monoisotopic (exact) mass is 389 g/mol. The molecule has 0 amide bonds. The van der Waals surface area contributed by atoms with Crippen LogP contribution in [0.2, 0.25) is 0 Å². The number of aryl methyl sites for hydroxylation is 1. The molecule has 0 aliphatic carbocycles. The van der Waals surface area contributed by atoms with Gasteiger partial charge in [0.1, 0.15) is 11.9 Å². The molecule has 0 saturated heterocycles. The SMILES string of the molecule is Cc1ccc(S(=O)(=O)c2ccc(C(=N)N)cc2C[C@@H](N)C(=O)O)c(C)c1C. The van der Waals surface area contributed by atoms with Gasteiger partial charge in [0.15, 0.2) is 0 Å². The number of sulfone groups is 1. The zero-order valence-electron chi connectivity index (χ0n) is 15.4. The van der Waals surface area contributed by atoms with E-state index in [4.69, 9.17) is 22.0 Å². The summed E-state index contributed by atoms with van der Waals surface area (Å²) >= 11 is 0. The molecule has 2 rings (SSSR count). The van der Waals surface area contributed by atoms with E-state index in [1.807, 2.05) is 13.8 Å². The maximum absolute atomic E-state index is 13.3. The summed E-state index contributed by atoms with van der Waals surface area (Å²) in [6.07, 6.45) is -0.199. The minimum absolute atomic E-state index is 0.0319. The van der Waals surface area contributed by atoms with Crippen LogP contribution in [0.15, 0.2) is 40.1 Å². The van der Waals surface area contributed by atoms with Crippen LogP contribution in [0.4, 0.5) is 0 Å². The number of hydrogen-bond donors (Lipinski definition) is 4. The molecular formula is C19H23N3O4S. The summed E-state index contributed by atoms with van der Waals surface area (Å²) in [6, 6.07) is 6.21. The Morgan fingerprint density at radius 2 is 1.70 bits per heavy atom. The average Bonchev–Trinajstić information content (AvgIpc) is 2.59. The minimum Gasteiger partial charge on any atom is -0.480 e. The second-order valence-corrected chi connectivity index (χ2v) is 8.41. The Hall–Kier alpha value is -2.71. The number of amidine groups is 1. The summed E-state index contributed by atoms with van der Waals surface area (Å²) < 4.78 is 26.6. The molecule has 0 aromatic heterocycles. The number of nitrogens with two attached hydrogens (primary N) is 2. The Morgan fingerprint density at radius 1 is 1.11 bits per heavy atom. The maximum atomic E-state index is 13.3. The normalized spacial score (nSPS) is 12.6. The first kappa shape index (κ1) is 20.6. The highest BCUT2D eigenvalue weighted by molar-refractivity contribution is 7.91. The summed E-state index contributed by atoms with van der Waals surface area (Å²) in [6.45, 7) is 5.49. The Morgan fingerprint density at radius 3 is 2.26 bits per heavy atom. The number of carbonyl (C=O) groups is 1. The Balaban J connectivity index is 2.70. The fraction of sp³-hybridized carbons (Fsp3) is 0.263. The lowest BCUT2D eigenvalue weighted by Gasteiger charge is -2.17. The highest BCUT2D eigenvalue weighted by Crippen LogP contribution is 2.30. The Bertz CT molecular complexity index is 1030. The molecule has 0 heterocycles. The van der Waals surface area contributed by atoms with Gasteiger partial charge in [0.05, 0.1) is 9.79 Å². The lowest BCUT2D eigenvalue weighted by Crippen LogP contribution is -2.33. The van der Waals surface area contributed by atoms with Crippen molar-refractivity contribution in [2.75, 3.05) is 0 Å². The first-order valence-electron chi connectivity index (χ1n) is 8.24. The highest BCUT2D eigenvalue weighted by atomic mass is 32.2. The summed E-state index contributed by atoms with van der Waals surface area (Å²) in [5.41, 5.74) is 14.1. The molecule has 0 spiro atoms. The molecule has 2 aromatic rings. The second kappa shape index (κ2) is 7.50. The number of nitrogens with one attached hydrogen (secondary N) is 1. The Labute approximate surface area is 158 Å². The van der Waals surface area contributed by atoms with E-state index in [1.165, 1.54) is 18.2 Å². The molecule has 6 N–H and O–H groups in total. The van der Waals surface area contributed by atoms with Gasteiger partial charge in [0.25, 0.3) is 0 Å². The first-order valence-corrected chi connectivity index (χ1v) is 9.72. The van der Waals surface area contributed by atoms with Crippen LogP contribution in [0.25, 0.3) is 0 Å². The van der Waals surface area contributed by atoms with Crippen molar-refractivity contribution in [3.63, 3.8) is 0 Å². The highest BCUT2D eigenvalue weighted by Gasteiger charge is 2.26. The number of benzene rings is 2. The van der Waals surface area contributed by atoms with Crippen molar-refractivity contribution < 1.29 is 18.3 Å². The van der Waals surface area contributed by atoms with Crippen molar-refractivity contribution >= 4 is 21.6 Å². The summed E-state index contributed by atoms with van der Waals surface area (Å²) in [7, 11) is -3.91. The van der Waals surface area contributed by atoms with Gasteiger partial charge in [0.2, 0.25) is 9.84 Å². The van der Waals surface area contributed by atoms with E-state index in [0.29, 0.717) is 11.1 Å². The van der Waals surface area contributed by atoms with Crippen molar-refractivity contribution in [3.05, 3.63) is 58.1 Å². The molecule has 0 bridgehead atoms. The molecule has 0 fully saturated rings. The van der Waals surface area contributed by atoms with Gasteiger partial charge in [-0.25, -0.2) is 8.42 Å². The van der Waals surface area contributed by atoms with Crippen LogP contribution in [0.1, 0.15) is 27.8 Å². The summed E-state index contributed by atoms with van der Waals surface area (Å²) in [5, 5.41) is 16.7. The number of carboxylic acids is 1. The third kappa shape index (κ3) is 4.01.